The maximum Gasteiger partial charge on any atom is 0.246 e. The predicted octanol–water partition coefficient (Wildman–Crippen LogP) is 4.37. The first-order chi connectivity index (χ1) is 12.1. The van der Waals surface area contributed by atoms with Gasteiger partial charge >= 0.3 is 0 Å². The molecule has 0 unspecified atom stereocenters. The third-order valence-electron chi connectivity index (χ3n) is 4.51. The van der Waals surface area contributed by atoms with E-state index in [-0.39, 0.29) is 18.7 Å². The first kappa shape index (κ1) is 17.1. The van der Waals surface area contributed by atoms with Crippen LogP contribution in [0.15, 0.2) is 42.5 Å². The van der Waals surface area contributed by atoms with Gasteiger partial charge < -0.3 is 20.1 Å². The number of hydrogen-bond acceptors (Lipinski definition) is 4. The minimum atomic E-state index is -0.384. The van der Waals surface area contributed by atoms with Gasteiger partial charge in [-0.05, 0) is 43.0 Å². The van der Waals surface area contributed by atoms with Crippen LogP contribution in [0.2, 0.25) is 0 Å². The van der Waals surface area contributed by atoms with Crippen molar-refractivity contribution in [2.75, 3.05) is 17.4 Å². The van der Waals surface area contributed by atoms with Crippen LogP contribution in [0.5, 0.6) is 11.5 Å². The molecule has 0 saturated carbocycles. The van der Waals surface area contributed by atoms with Gasteiger partial charge in [0.25, 0.3) is 0 Å². The summed E-state index contributed by atoms with van der Waals surface area (Å²) in [6, 6.07) is 13.2. The van der Waals surface area contributed by atoms with Crippen molar-refractivity contribution < 1.29 is 14.3 Å². The summed E-state index contributed by atoms with van der Waals surface area (Å²) in [7, 11) is 0. The zero-order chi connectivity index (χ0) is 17.8. The molecule has 2 aromatic rings. The molecule has 0 radical (unpaired) electrons. The third kappa shape index (κ3) is 3.87. The zero-order valence-corrected chi connectivity index (χ0v) is 14.8. The largest absolute Gasteiger partial charge is 0.454 e. The summed E-state index contributed by atoms with van der Waals surface area (Å²) in [6.45, 7) is 6.39. The molecular formula is C20H24N2O3. The van der Waals surface area contributed by atoms with Crippen LogP contribution in [0.4, 0.5) is 11.4 Å². The lowest BCUT2D eigenvalue weighted by molar-refractivity contribution is -0.116. The number of anilines is 2. The van der Waals surface area contributed by atoms with Gasteiger partial charge in [-0.2, -0.15) is 0 Å². The van der Waals surface area contributed by atoms with E-state index in [2.05, 4.69) is 30.5 Å². The lowest BCUT2D eigenvalue weighted by Gasteiger charge is -2.19. The van der Waals surface area contributed by atoms with Gasteiger partial charge in [0.1, 0.15) is 6.04 Å². The Morgan fingerprint density at radius 3 is 2.68 bits per heavy atom. The van der Waals surface area contributed by atoms with E-state index in [1.54, 1.807) is 0 Å². The second-order valence-electron chi connectivity index (χ2n) is 6.32. The Balaban J connectivity index is 1.67. The first-order valence-corrected chi connectivity index (χ1v) is 8.64. The van der Waals surface area contributed by atoms with E-state index in [1.807, 2.05) is 43.3 Å². The average molecular weight is 340 g/mol. The molecule has 1 aliphatic rings. The highest BCUT2D eigenvalue weighted by Crippen LogP contribution is 2.34. The highest BCUT2D eigenvalue weighted by molar-refractivity contribution is 5.97. The molecule has 25 heavy (non-hydrogen) atoms. The fourth-order valence-electron chi connectivity index (χ4n) is 2.80. The predicted molar refractivity (Wildman–Crippen MR) is 99.4 cm³/mol. The number of fused-ring (bicyclic) bond motifs is 1. The standard InChI is InChI=1S/C20H24N2O3/c1-4-13(2)16-7-5-6-8-17(16)22-20(23)14(3)21-15-9-10-18-19(11-15)25-12-24-18/h5-11,13-14,21H,4,12H2,1-3H3,(H,22,23)/t13-,14-/m0/s1. The van der Waals surface area contributed by atoms with Gasteiger partial charge in [0.15, 0.2) is 11.5 Å². The smallest absolute Gasteiger partial charge is 0.246 e. The number of benzene rings is 2. The molecule has 1 amide bonds. The quantitative estimate of drug-likeness (QED) is 0.820. The molecule has 2 atom stereocenters. The average Bonchev–Trinajstić information content (AvgIpc) is 3.09. The summed E-state index contributed by atoms with van der Waals surface area (Å²) >= 11 is 0. The van der Waals surface area contributed by atoms with Crippen LogP contribution < -0.4 is 20.1 Å². The van der Waals surface area contributed by atoms with Crippen LogP contribution in [0, 0.1) is 0 Å². The molecule has 3 rings (SSSR count). The van der Waals surface area contributed by atoms with Crippen LogP contribution in [0.3, 0.4) is 0 Å². The van der Waals surface area contributed by atoms with Crippen molar-refractivity contribution in [1.29, 1.82) is 0 Å². The van der Waals surface area contributed by atoms with Gasteiger partial charge in [-0.3, -0.25) is 4.79 Å². The summed E-state index contributed by atoms with van der Waals surface area (Å²) in [5, 5.41) is 6.25. The fourth-order valence-corrected chi connectivity index (χ4v) is 2.80. The van der Waals surface area contributed by atoms with E-state index in [0.717, 1.165) is 29.1 Å². The lowest BCUT2D eigenvalue weighted by atomic mass is 9.97. The van der Waals surface area contributed by atoms with E-state index in [0.29, 0.717) is 11.7 Å². The Kier molecular flexibility index (Phi) is 5.12. The number of ether oxygens (including phenoxy) is 2. The summed E-state index contributed by atoms with van der Waals surface area (Å²) in [6.07, 6.45) is 1.03. The number of nitrogens with one attached hydrogen (secondary N) is 2. The molecule has 2 N–H and O–H groups in total. The van der Waals surface area contributed by atoms with Crippen molar-refractivity contribution in [1.82, 2.24) is 0 Å². The van der Waals surface area contributed by atoms with Gasteiger partial charge in [0, 0.05) is 17.4 Å². The van der Waals surface area contributed by atoms with E-state index in [1.165, 1.54) is 0 Å². The number of para-hydroxylation sites is 1. The minimum absolute atomic E-state index is 0.0755. The highest BCUT2D eigenvalue weighted by Gasteiger charge is 2.18. The van der Waals surface area contributed by atoms with Gasteiger partial charge in [0.2, 0.25) is 12.7 Å². The number of hydrogen-bond donors (Lipinski definition) is 2. The summed E-state index contributed by atoms with van der Waals surface area (Å²) in [5.74, 6) is 1.74. The van der Waals surface area contributed by atoms with Crippen LogP contribution >= 0.6 is 0 Å². The van der Waals surface area contributed by atoms with E-state index < -0.39 is 0 Å². The van der Waals surface area contributed by atoms with Crippen LogP contribution in [-0.2, 0) is 4.79 Å². The highest BCUT2D eigenvalue weighted by atomic mass is 16.7. The second kappa shape index (κ2) is 7.47. The molecule has 5 heteroatoms. The number of carbonyl (C=O) groups excluding carboxylic acids is 1. The molecule has 1 aliphatic heterocycles. The van der Waals surface area contributed by atoms with Gasteiger partial charge in [0.05, 0.1) is 0 Å². The van der Waals surface area contributed by atoms with Crippen molar-refractivity contribution >= 4 is 17.3 Å². The minimum Gasteiger partial charge on any atom is -0.454 e. The van der Waals surface area contributed by atoms with Crippen molar-refractivity contribution in [3.63, 3.8) is 0 Å². The SMILES string of the molecule is CC[C@H](C)c1ccccc1NC(=O)[C@H](C)Nc1ccc2c(c1)OCO2. The Morgan fingerprint density at radius 2 is 1.88 bits per heavy atom. The molecule has 0 aliphatic carbocycles. The molecule has 0 bridgehead atoms. The summed E-state index contributed by atoms with van der Waals surface area (Å²) in [4.78, 5) is 12.6. The lowest BCUT2D eigenvalue weighted by Crippen LogP contribution is -2.32. The van der Waals surface area contributed by atoms with Crippen molar-refractivity contribution in [2.24, 2.45) is 0 Å². The topological polar surface area (TPSA) is 59.6 Å². The second-order valence-corrected chi connectivity index (χ2v) is 6.32. The normalized spacial score (nSPS) is 14.7. The fraction of sp³-hybridized carbons (Fsp3) is 0.350. The van der Waals surface area contributed by atoms with Crippen LogP contribution in [0.1, 0.15) is 38.7 Å². The molecule has 2 aromatic carbocycles. The van der Waals surface area contributed by atoms with E-state index in [9.17, 15) is 4.79 Å². The van der Waals surface area contributed by atoms with Gasteiger partial charge in [-0.25, -0.2) is 0 Å². The third-order valence-corrected chi connectivity index (χ3v) is 4.51. The Hall–Kier alpha value is -2.69. The number of amides is 1. The van der Waals surface area contributed by atoms with Crippen LogP contribution in [-0.4, -0.2) is 18.7 Å². The molecular weight excluding hydrogens is 316 g/mol. The van der Waals surface area contributed by atoms with E-state index >= 15 is 0 Å². The van der Waals surface area contributed by atoms with Crippen LogP contribution in [0.25, 0.3) is 0 Å². The Labute approximate surface area is 148 Å². The molecule has 0 spiro atoms. The van der Waals surface area contributed by atoms with Crippen molar-refractivity contribution in [2.45, 2.75) is 39.2 Å². The number of rotatable bonds is 6. The van der Waals surface area contributed by atoms with Gasteiger partial charge in [-0.15, -0.1) is 0 Å². The maximum absolute atomic E-state index is 12.6. The molecule has 0 fully saturated rings. The monoisotopic (exact) mass is 340 g/mol. The Morgan fingerprint density at radius 1 is 1.12 bits per heavy atom. The van der Waals surface area contributed by atoms with Crippen molar-refractivity contribution in [3.8, 4) is 11.5 Å². The first-order valence-electron chi connectivity index (χ1n) is 8.64. The Bertz CT molecular complexity index is 760. The molecule has 0 aromatic heterocycles. The summed E-state index contributed by atoms with van der Waals surface area (Å²) in [5.41, 5.74) is 2.86. The molecule has 1 heterocycles. The van der Waals surface area contributed by atoms with Crippen molar-refractivity contribution in [3.05, 3.63) is 48.0 Å². The van der Waals surface area contributed by atoms with Gasteiger partial charge in [-0.1, -0.05) is 32.0 Å². The number of carbonyl (C=O) groups is 1. The molecule has 132 valence electrons. The maximum atomic E-state index is 12.6. The zero-order valence-electron chi connectivity index (χ0n) is 14.8. The molecule has 0 saturated heterocycles. The molecule has 5 nitrogen and oxygen atoms in total. The summed E-state index contributed by atoms with van der Waals surface area (Å²) < 4.78 is 10.7. The van der Waals surface area contributed by atoms with E-state index in [4.69, 9.17) is 9.47 Å².